The van der Waals surface area contributed by atoms with Gasteiger partial charge in [-0.25, -0.2) is 0 Å². The molecule has 4 heteroatoms. The summed E-state index contributed by atoms with van der Waals surface area (Å²) < 4.78 is 2.40. The Hall–Kier alpha value is -0.0700. The maximum atomic E-state index is 10.9. The van der Waals surface area contributed by atoms with Crippen molar-refractivity contribution in [3.63, 3.8) is 0 Å². The number of fused-ring (bicyclic) bond motifs is 1. The summed E-state index contributed by atoms with van der Waals surface area (Å²) in [6.45, 7) is 0. The first-order chi connectivity index (χ1) is 6.77. The summed E-state index contributed by atoms with van der Waals surface area (Å²) in [4.78, 5) is 12.1. The van der Waals surface area contributed by atoms with Crippen LogP contribution in [-0.4, -0.2) is 12.5 Å². The molecule has 0 aliphatic carbocycles. The Kier molecular flexibility index (Phi) is 3.14. The summed E-state index contributed by atoms with van der Waals surface area (Å²) in [6.07, 6.45) is 2.98. The molecule has 2 aromatic rings. The molecule has 0 radical (unpaired) electrons. The number of rotatable bonds is 2. The van der Waals surface area contributed by atoms with Gasteiger partial charge >= 0.3 is 0 Å². The number of thiophene rings is 1. The summed E-state index contributed by atoms with van der Waals surface area (Å²) in [5, 5.41) is 3.04. The molecule has 2 rings (SSSR count). The average molecular weight is 334 g/mol. The van der Waals surface area contributed by atoms with Gasteiger partial charge in [0.1, 0.15) is 0 Å². The second-order valence-electron chi connectivity index (χ2n) is 2.76. The Morgan fingerprint density at radius 3 is 2.93 bits per heavy atom. The highest BCUT2D eigenvalue weighted by Crippen LogP contribution is 2.36. The van der Waals surface area contributed by atoms with Crippen molar-refractivity contribution in [1.82, 2.24) is 0 Å². The van der Waals surface area contributed by atoms with Crippen LogP contribution in [0.4, 0.5) is 0 Å². The van der Waals surface area contributed by atoms with Crippen molar-refractivity contribution >= 4 is 62.1 Å². The fourth-order valence-corrected chi connectivity index (χ4v) is 4.16. The second kappa shape index (κ2) is 4.20. The quantitative estimate of drug-likeness (QED) is 0.468. The summed E-state index contributed by atoms with van der Waals surface area (Å²) in [5.41, 5.74) is 0.813. The molecule has 0 atom stereocenters. The number of thioether (sulfide) groups is 1. The highest BCUT2D eigenvalue weighted by Gasteiger charge is 2.10. The lowest BCUT2D eigenvalue weighted by Crippen LogP contribution is -1.82. The van der Waals surface area contributed by atoms with Gasteiger partial charge in [0.15, 0.2) is 6.29 Å². The smallest absolute Gasteiger partial charge is 0.151 e. The molecule has 0 bridgehead atoms. The van der Waals surface area contributed by atoms with Gasteiger partial charge in [-0.05, 0) is 41.0 Å². The number of aldehydes is 1. The van der Waals surface area contributed by atoms with Gasteiger partial charge in [-0.15, -0.1) is 23.1 Å². The van der Waals surface area contributed by atoms with Crippen LogP contribution in [0.1, 0.15) is 10.4 Å². The van der Waals surface area contributed by atoms with Crippen molar-refractivity contribution in [2.24, 2.45) is 0 Å². The topological polar surface area (TPSA) is 17.1 Å². The molecule has 0 aliphatic heterocycles. The van der Waals surface area contributed by atoms with Crippen molar-refractivity contribution in [3.8, 4) is 0 Å². The van der Waals surface area contributed by atoms with Gasteiger partial charge in [-0.3, -0.25) is 4.79 Å². The van der Waals surface area contributed by atoms with Gasteiger partial charge in [-0.1, -0.05) is 0 Å². The third kappa shape index (κ3) is 1.59. The average Bonchev–Trinajstić information content (AvgIpc) is 2.61. The van der Waals surface area contributed by atoms with E-state index in [-0.39, 0.29) is 0 Å². The fourth-order valence-electron chi connectivity index (χ4n) is 1.38. The van der Waals surface area contributed by atoms with Crippen LogP contribution >= 0.6 is 45.7 Å². The summed E-state index contributed by atoms with van der Waals surface area (Å²) in [6, 6.07) is 4.17. The summed E-state index contributed by atoms with van der Waals surface area (Å²) in [5.74, 6) is 0. The van der Waals surface area contributed by atoms with E-state index in [1.54, 1.807) is 23.1 Å². The first-order valence-corrected chi connectivity index (χ1v) is 7.15. The Bertz CT molecular complexity index is 490. The molecule has 1 nitrogen and oxygen atoms in total. The molecule has 0 N–H and O–H groups in total. The molecule has 1 aromatic carbocycles. The zero-order chi connectivity index (χ0) is 10.1. The minimum atomic E-state index is 0.813. The van der Waals surface area contributed by atoms with Crippen molar-refractivity contribution in [1.29, 1.82) is 0 Å². The molecule has 72 valence electrons. The van der Waals surface area contributed by atoms with Crippen LogP contribution in [0.15, 0.2) is 22.4 Å². The highest BCUT2D eigenvalue weighted by molar-refractivity contribution is 14.1. The molecule has 0 saturated carbocycles. The maximum absolute atomic E-state index is 10.9. The number of carbonyl (C=O) groups is 1. The van der Waals surface area contributed by atoms with E-state index in [2.05, 4.69) is 34.7 Å². The normalized spacial score (nSPS) is 10.7. The minimum Gasteiger partial charge on any atom is -0.298 e. The van der Waals surface area contributed by atoms with E-state index < -0.39 is 0 Å². The molecule has 0 fully saturated rings. The van der Waals surface area contributed by atoms with Gasteiger partial charge in [0.25, 0.3) is 0 Å². The van der Waals surface area contributed by atoms with Crippen LogP contribution in [0.25, 0.3) is 10.1 Å². The van der Waals surface area contributed by atoms with Crippen LogP contribution < -0.4 is 0 Å². The van der Waals surface area contributed by atoms with Crippen LogP contribution in [0.5, 0.6) is 0 Å². The zero-order valence-corrected chi connectivity index (χ0v) is 11.2. The SMILES string of the molecule is CSc1c(I)ccc2scc(C=O)c12. The molecule has 0 saturated heterocycles. The largest absolute Gasteiger partial charge is 0.298 e. The number of hydrogen-bond acceptors (Lipinski definition) is 3. The van der Waals surface area contributed by atoms with E-state index >= 15 is 0 Å². The van der Waals surface area contributed by atoms with E-state index in [0.717, 1.165) is 17.2 Å². The summed E-state index contributed by atoms with van der Waals surface area (Å²) >= 11 is 5.64. The van der Waals surface area contributed by atoms with Crippen LogP contribution in [0.3, 0.4) is 0 Å². The third-order valence-electron chi connectivity index (χ3n) is 2.00. The first-order valence-electron chi connectivity index (χ1n) is 3.96. The Morgan fingerprint density at radius 2 is 2.29 bits per heavy atom. The predicted octanol–water partition coefficient (Wildman–Crippen LogP) is 4.04. The van der Waals surface area contributed by atoms with Crippen LogP contribution in [0.2, 0.25) is 0 Å². The molecule has 0 spiro atoms. The number of carbonyl (C=O) groups excluding carboxylic acids is 1. The van der Waals surface area contributed by atoms with Gasteiger partial charge in [-0.2, -0.15) is 0 Å². The highest BCUT2D eigenvalue weighted by atomic mass is 127. The first kappa shape index (κ1) is 10.4. The van der Waals surface area contributed by atoms with Crippen LogP contribution in [-0.2, 0) is 0 Å². The lowest BCUT2D eigenvalue weighted by Gasteiger charge is -2.03. The van der Waals surface area contributed by atoms with Crippen molar-refractivity contribution in [2.75, 3.05) is 6.26 Å². The van der Waals surface area contributed by atoms with Crippen LogP contribution in [0, 0.1) is 3.57 Å². The van der Waals surface area contributed by atoms with Gasteiger partial charge < -0.3 is 0 Å². The maximum Gasteiger partial charge on any atom is 0.151 e. The van der Waals surface area contributed by atoms with Gasteiger partial charge in [0.05, 0.1) is 0 Å². The lowest BCUT2D eigenvalue weighted by atomic mass is 10.2. The number of halogens is 1. The molecule has 0 amide bonds. The Labute approximate surface area is 104 Å². The molecule has 0 unspecified atom stereocenters. The third-order valence-corrected chi connectivity index (χ3v) is 5.07. The second-order valence-corrected chi connectivity index (χ2v) is 5.65. The summed E-state index contributed by atoms with van der Waals surface area (Å²) in [7, 11) is 0. The fraction of sp³-hybridized carbons (Fsp3) is 0.100. The van der Waals surface area contributed by atoms with E-state index in [9.17, 15) is 4.79 Å². The van der Waals surface area contributed by atoms with Crippen molar-refractivity contribution in [2.45, 2.75) is 4.90 Å². The standard InChI is InChI=1S/C10H7IOS2/c1-13-10-7(11)2-3-8-9(10)6(4-12)5-14-8/h2-5H,1H3. The lowest BCUT2D eigenvalue weighted by molar-refractivity contribution is 0.112. The number of hydrogen-bond donors (Lipinski definition) is 0. The molecule has 14 heavy (non-hydrogen) atoms. The Balaban J connectivity index is 2.88. The monoisotopic (exact) mass is 334 g/mol. The minimum absolute atomic E-state index is 0.813. The Morgan fingerprint density at radius 1 is 1.50 bits per heavy atom. The predicted molar refractivity (Wildman–Crippen MR) is 71.7 cm³/mol. The number of benzene rings is 1. The molecular weight excluding hydrogens is 327 g/mol. The van der Waals surface area contributed by atoms with E-state index in [1.165, 1.54) is 13.2 Å². The van der Waals surface area contributed by atoms with E-state index in [4.69, 9.17) is 0 Å². The van der Waals surface area contributed by atoms with Gasteiger partial charge in [0, 0.05) is 29.5 Å². The molecular formula is C10H7IOS2. The van der Waals surface area contributed by atoms with E-state index in [0.29, 0.717) is 0 Å². The molecule has 1 heterocycles. The molecule has 1 aromatic heterocycles. The van der Waals surface area contributed by atoms with Crippen molar-refractivity contribution < 1.29 is 4.79 Å². The zero-order valence-electron chi connectivity index (χ0n) is 7.41. The molecule has 0 aliphatic rings. The van der Waals surface area contributed by atoms with E-state index in [1.807, 2.05) is 11.6 Å². The van der Waals surface area contributed by atoms with Gasteiger partial charge in [0.2, 0.25) is 0 Å². The van der Waals surface area contributed by atoms with Crippen molar-refractivity contribution in [3.05, 3.63) is 26.6 Å².